The molecule has 1 saturated heterocycles. The SMILES string of the molecule is COc1ccccc1CC(C)NCC1CCSC1. The quantitative estimate of drug-likeness (QED) is 0.854. The summed E-state index contributed by atoms with van der Waals surface area (Å²) in [5.41, 5.74) is 1.29. The van der Waals surface area contributed by atoms with Gasteiger partial charge in [-0.05, 0) is 55.4 Å². The number of methoxy groups -OCH3 is 1. The fourth-order valence-electron chi connectivity index (χ4n) is 2.39. The Morgan fingerprint density at radius 2 is 2.28 bits per heavy atom. The molecule has 0 spiro atoms. The fourth-order valence-corrected chi connectivity index (χ4v) is 3.67. The minimum atomic E-state index is 0.506. The van der Waals surface area contributed by atoms with E-state index in [-0.39, 0.29) is 0 Å². The fraction of sp³-hybridized carbons (Fsp3) is 0.600. The summed E-state index contributed by atoms with van der Waals surface area (Å²) in [5, 5.41) is 3.66. The van der Waals surface area contributed by atoms with Crippen LogP contribution in [0.4, 0.5) is 0 Å². The molecule has 2 atom stereocenters. The molecule has 2 rings (SSSR count). The lowest BCUT2D eigenvalue weighted by atomic mass is 10.0. The van der Waals surface area contributed by atoms with Gasteiger partial charge in [0.1, 0.15) is 5.75 Å². The Bertz CT molecular complexity index is 363. The topological polar surface area (TPSA) is 21.3 Å². The average molecular weight is 265 g/mol. The van der Waals surface area contributed by atoms with E-state index < -0.39 is 0 Å². The highest BCUT2D eigenvalue weighted by Gasteiger charge is 2.16. The Morgan fingerprint density at radius 1 is 1.44 bits per heavy atom. The summed E-state index contributed by atoms with van der Waals surface area (Å²) >= 11 is 2.08. The minimum absolute atomic E-state index is 0.506. The van der Waals surface area contributed by atoms with Crippen molar-refractivity contribution in [2.75, 3.05) is 25.2 Å². The molecule has 1 aliphatic heterocycles. The van der Waals surface area contributed by atoms with Gasteiger partial charge in [-0.25, -0.2) is 0 Å². The first-order valence-electron chi connectivity index (χ1n) is 6.72. The van der Waals surface area contributed by atoms with Crippen molar-refractivity contribution in [3.05, 3.63) is 29.8 Å². The zero-order valence-corrected chi connectivity index (χ0v) is 12.1. The Labute approximate surface area is 114 Å². The first-order valence-corrected chi connectivity index (χ1v) is 7.88. The van der Waals surface area contributed by atoms with Crippen LogP contribution in [0.15, 0.2) is 24.3 Å². The van der Waals surface area contributed by atoms with E-state index in [0.29, 0.717) is 6.04 Å². The van der Waals surface area contributed by atoms with Crippen molar-refractivity contribution < 1.29 is 4.74 Å². The van der Waals surface area contributed by atoms with Crippen molar-refractivity contribution in [1.29, 1.82) is 0 Å². The highest BCUT2D eigenvalue weighted by molar-refractivity contribution is 7.99. The normalized spacial score (nSPS) is 20.9. The molecule has 3 heteroatoms. The second kappa shape index (κ2) is 7.05. The van der Waals surface area contributed by atoms with Gasteiger partial charge in [-0.15, -0.1) is 0 Å². The molecule has 1 aliphatic rings. The molecule has 1 fully saturated rings. The van der Waals surface area contributed by atoms with Crippen molar-refractivity contribution in [1.82, 2.24) is 5.32 Å². The molecule has 0 amide bonds. The summed E-state index contributed by atoms with van der Waals surface area (Å²) in [6, 6.07) is 8.80. The van der Waals surface area contributed by atoms with Crippen LogP contribution in [0.25, 0.3) is 0 Å². The van der Waals surface area contributed by atoms with Crippen LogP contribution in [-0.2, 0) is 6.42 Å². The van der Waals surface area contributed by atoms with Gasteiger partial charge in [0, 0.05) is 6.04 Å². The molecule has 0 aliphatic carbocycles. The Kier molecular flexibility index (Phi) is 5.39. The molecule has 100 valence electrons. The van der Waals surface area contributed by atoms with Gasteiger partial charge in [0.05, 0.1) is 7.11 Å². The van der Waals surface area contributed by atoms with Crippen LogP contribution in [0.3, 0.4) is 0 Å². The Balaban J connectivity index is 1.80. The molecule has 0 bridgehead atoms. The molecule has 1 aromatic carbocycles. The van der Waals surface area contributed by atoms with Crippen LogP contribution < -0.4 is 10.1 Å². The molecule has 2 unspecified atom stereocenters. The molecular formula is C15H23NOS. The van der Waals surface area contributed by atoms with E-state index in [1.54, 1.807) is 7.11 Å². The number of rotatable bonds is 6. The van der Waals surface area contributed by atoms with Crippen LogP contribution >= 0.6 is 11.8 Å². The van der Waals surface area contributed by atoms with E-state index in [9.17, 15) is 0 Å². The first-order chi connectivity index (χ1) is 8.79. The number of para-hydroxylation sites is 1. The van der Waals surface area contributed by atoms with Gasteiger partial charge in [0.25, 0.3) is 0 Å². The molecule has 0 saturated carbocycles. The zero-order chi connectivity index (χ0) is 12.8. The summed E-state index contributed by atoms with van der Waals surface area (Å²) in [6.07, 6.45) is 2.41. The van der Waals surface area contributed by atoms with Crippen molar-refractivity contribution in [3.63, 3.8) is 0 Å². The van der Waals surface area contributed by atoms with Crippen LogP contribution in [-0.4, -0.2) is 31.2 Å². The van der Waals surface area contributed by atoms with Crippen molar-refractivity contribution in [2.24, 2.45) is 5.92 Å². The second-order valence-electron chi connectivity index (χ2n) is 5.05. The van der Waals surface area contributed by atoms with Crippen LogP contribution in [0.1, 0.15) is 18.9 Å². The van der Waals surface area contributed by atoms with Crippen molar-refractivity contribution in [2.45, 2.75) is 25.8 Å². The smallest absolute Gasteiger partial charge is 0.122 e. The first kappa shape index (κ1) is 13.8. The number of nitrogens with one attached hydrogen (secondary N) is 1. The third-order valence-corrected chi connectivity index (χ3v) is 4.73. The highest BCUT2D eigenvalue weighted by Crippen LogP contribution is 2.23. The highest BCUT2D eigenvalue weighted by atomic mass is 32.2. The van der Waals surface area contributed by atoms with E-state index in [1.165, 1.54) is 23.5 Å². The summed E-state index contributed by atoms with van der Waals surface area (Å²) in [4.78, 5) is 0. The van der Waals surface area contributed by atoms with Crippen LogP contribution in [0.2, 0.25) is 0 Å². The maximum Gasteiger partial charge on any atom is 0.122 e. The zero-order valence-electron chi connectivity index (χ0n) is 11.3. The molecular weight excluding hydrogens is 242 g/mol. The second-order valence-corrected chi connectivity index (χ2v) is 6.20. The standard InChI is InChI=1S/C15H23NOS/c1-12(16-10-13-7-8-18-11-13)9-14-5-3-4-6-15(14)17-2/h3-6,12-13,16H,7-11H2,1-2H3. The van der Waals surface area contributed by atoms with E-state index in [4.69, 9.17) is 4.74 Å². The average Bonchev–Trinajstić information content (AvgIpc) is 2.90. The van der Waals surface area contributed by atoms with E-state index in [2.05, 4.69) is 36.1 Å². The lowest BCUT2D eigenvalue weighted by molar-refractivity contribution is 0.403. The number of benzene rings is 1. The Morgan fingerprint density at radius 3 is 3.00 bits per heavy atom. The number of hydrogen-bond donors (Lipinski definition) is 1. The van der Waals surface area contributed by atoms with Crippen LogP contribution in [0.5, 0.6) is 5.75 Å². The van der Waals surface area contributed by atoms with Gasteiger partial charge in [0.2, 0.25) is 0 Å². The van der Waals surface area contributed by atoms with E-state index in [0.717, 1.165) is 24.6 Å². The molecule has 1 N–H and O–H groups in total. The van der Waals surface area contributed by atoms with E-state index in [1.807, 2.05) is 12.1 Å². The van der Waals surface area contributed by atoms with Gasteiger partial charge < -0.3 is 10.1 Å². The summed E-state index contributed by atoms with van der Waals surface area (Å²) < 4.78 is 5.39. The van der Waals surface area contributed by atoms with Gasteiger partial charge >= 0.3 is 0 Å². The monoisotopic (exact) mass is 265 g/mol. The largest absolute Gasteiger partial charge is 0.496 e. The lowest BCUT2D eigenvalue weighted by Crippen LogP contribution is -2.32. The number of ether oxygens (including phenoxy) is 1. The van der Waals surface area contributed by atoms with Gasteiger partial charge in [-0.2, -0.15) is 11.8 Å². The summed E-state index contributed by atoms with van der Waals surface area (Å²) in [5.74, 6) is 4.54. The van der Waals surface area contributed by atoms with Crippen LogP contribution in [0, 0.1) is 5.92 Å². The predicted molar refractivity (Wildman–Crippen MR) is 79.6 cm³/mol. The maximum absolute atomic E-state index is 5.39. The third-order valence-electron chi connectivity index (χ3n) is 3.50. The van der Waals surface area contributed by atoms with Crippen molar-refractivity contribution in [3.8, 4) is 5.75 Å². The lowest BCUT2D eigenvalue weighted by Gasteiger charge is -2.18. The Hall–Kier alpha value is -0.670. The predicted octanol–water partition coefficient (Wildman–Crippen LogP) is 2.97. The summed E-state index contributed by atoms with van der Waals surface area (Å²) in [7, 11) is 1.74. The maximum atomic E-state index is 5.39. The molecule has 1 aromatic rings. The van der Waals surface area contributed by atoms with Gasteiger partial charge in [-0.1, -0.05) is 18.2 Å². The van der Waals surface area contributed by atoms with Gasteiger partial charge in [-0.3, -0.25) is 0 Å². The van der Waals surface area contributed by atoms with Gasteiger partial charge in [0.15, 0.2) is 0 Å². The molecule has 18 heavy (non-hydrogen) atoms. The molecule has 0 radical (unpaired) electrons. The molecule has 2 nitrogen and oxygen atoms in total. The molecule has 0 aromatic heterocycles. The third kappa shape index (κ3) is 3.92. The molecule has 1 heterocycles. The number of hydrogen-bond acceptors (Lipinski definition) is 3. The van der Waals surface area contributed by atoms with E-state index >= 15 is 0 Å². The minimum Gasteiger partial charge on any atom is -0.496 e. The van der Waals surface area contributed by atoms with Crippen molar-refractivity contribution >= 4 is 11.8 Å². The summed E-state index contributed by atoms with van der Waals surface area (Å²) in [6.45, 7) is 3.41. The number of thioether (sulfide) groups is 1.